The summed E-state index contributed by atoms with van der Waals surface area (Å²) < 4.78 is 0. The van der Waals surface area contributed by atoms with Crippen LogP contribution in [-0.4, -0.2) is 71.4 Å². The average Bonchev–Trinajstić information content (AvgIpc) is 3.26. The highest BCUT2D eigenvalue weighted by molar-refractivity contribution is 5.76. The van der Waals surface area contributed by atoms with Crippen LogP contribution in [-0.2, 0) is 4.79 Å². The lowest BCUT2D eigenvalue weighted by molar-refractivity contribution is -0.132. The number of amides is 1. The van der Waals surface area contributed by atoms with E-state index in [1.165, 1.54) is 12.0 Å². The Balaban J connectivity index is 1.36. The summed E-state index contributed by atoms with van der Waals surface area (Å²) in [6.45, 7) is 5.88. The molecule has 0 aromatic heterocycles. The summed E-state index contributed by atoms with van der Waals surface area (Å²) in [5.41, 5.74) is 1.51. The molecule has 1 aliphatic heterocycles. The Morgan fingerprint density at radius 1 is 1.19 bits per heavy atom. The van der Waals surface area contributed by atoms with Crippen LogP contribution in [0.25, 0.3) is 0 Å². The summed E-state index contributed by atoms with van der Waals surface area (Å²) >= 11 is 0. The standard InChI is InChI=1S/C26H44N2O3/c1-3-4-5-9-22(29)11-12-23-24-18-20(17-21(24)19-25(23)30)8-6-7-10-26(31)28-15-13-27(2)14-16-28/h11-12,17,21-25,29-30H,3-10,13-16,18-19H2,1-2H3/t21-,22-,23+,24-,25+/m0/s1. The number of aliphatic hydroxyl groups excluding tert-OH is 2. The molecule has 31 heavy (non-hydrogen) atoms. The van der Waals surface area contributed by atoms with Gasteiger partial charge < -0.3 is 20.0 Å². The first-order valence-electron chi connectivity index (χ1n) is 12.7. The molecule has 5 nitrogen and oxygen atoms in total. The molecule has 0 bridgehead atoms. The van der Waals surface area contributed by atoms with Gasteiger partial charge in [-0.1, -0.05) is 50.0 Å². The number of unbranched alkanes of at least 4 members (excludes halogenated alkanes) is 3. The Hall–Kier alpha value is -1.17. The number of carbonyl (C=O) groups excluding carboxylic acids is 1. The van der Waals surface area contributed by atoms with Crippen molar-refractivity contribution >= 4 is 5.91 Å². The molecule has 5 heteroatoms. The first kappa shape index (κ1) is 24.5. The van der Waals surface area contributed by atoms with Crippen molar-refractivity contribution in [2.24, 2.45) is 17.8 Å². The van der Waals surface area contributed by atoms with Crippen molar-refractivity contribution < 1.29 is 15.0 Å². The Labute approximate surface area is 189 Å². The second kappa shape index (κ2) is 12.2. The summed E-state index contributed by atoms with van der Waals surface area (Å²) in [4.78, 5) is 16.7. The van der Waals surface area contributed by atoms with Gasteiger partial charge >= 0.3 is 0 Å². The van der Waals surface area contributed by atoms with Crippen LogP contribution < -0.4 is 0 Å². The fourth-order valence-corrected chi connectivity index (χ4v) is 5.59. The highest BCUT2D eigenvalue weighted by atomic mass is 16.3. The monoisotopic (exact) mass is 432 g/mol. The summed E-state index contributed by atoms with van der Waals surface area (Å²) in [5, 5.41) is 20.7. The number of piperazine rings is 1. The molecule has 0 spiro atoms. The van der Waals surface area contributed by atoms with Crippen molar-refractivity contribution in [2.45, 2.75) is 83.3 Å². The van der Waals surface area contributed by atoms with Crippen LogP contribution in [0.5, 0.6) is 0 Å². The van der Waals surface area contributed by atoms with E-state index in [0.717, 1.165) is 77.5 Å². The van der Waals surface area contributed by atoms with Crippen molar-refractivity contribution in [3.8, 4) is 0 Å². The number of allylic oxidation sites excluding steroid dienone is 2. The van der Waals surface area contributed by atoms with E-state index < -0.39 is 0 Å². The predicted octanol–water partition coefficient (Wildman–Crippen LogP) is 3.76. The number of rotatable bonds is 11. The van der Waals surface area contributed by atoms with Crippen LogP contribution in [0.4, 0.5) is 0 Å². The number of fused-ring (bicyclic) bond motifs is 1. The molecule has 0 unspecified atom stereocenters. The second-order valence-electron chi connectivity index (χ2n) is 10.1. The number of hydrogen-bond acceptors (Lipinski definition) is 4. The summed E-state index contributed by atoms with van der Waals surface area (Å²) in [6, 6.07) is 0. The van der Waals surface area contributed by atoms with Crippen LogP contribution >= 0.6 is 0 Å². The van der Waals surface area contributed by atoms with Crippen molar-refractivity contribution in [1.29, 1.82) is 0 Å². The predicted molar refractivity (Wildman–Crippen MR) is 126 cm³/mol. The molecule has 5 atom stereocenters. The molecule has 1 heterocycles. The highest BCUT2D eigenvalue weighted by Crippen LogP contribution is 2.48. The molecule has 3 rings (SSSR count). The van der Waals surface area contributed by atoms with E-state index in [-0.39, 0.29) is 18.1 Å². The number of hydrogen-bond donors (Lipinski definition) is 2. The topological polar surface area (TPSA) is 64.0 Å². The molecule has 1 saturated heterocycles. The van der Waals surface area contributed by atoms with E-state index in [2.05, 4.69) is 31.0 Å². The smallest absolute Gasteiger partial charge is 0.222 e. The molecule has 1 saturated carbocycles. The first-order chi connectivity index (χ1) is 15.0. The van der Waals surface area contributed by atoms with E-state index in [1.54, 1.807) is 0 Å². The number of carbonyl (C=O) groups is 1. The van der Waals surface area contributed by atoms with Gasteiger partial charge in [0.25, 0.3) is 0 Å². The molecule has 1 amide bonds. The maximum Gasteiger partial charge on any atom is 0.222 e. The fraction of sp³-hybridized carbons (Fsp3) is 0.808. The van der Waals surface area contributed by atoms with Crippen molar-refractivity contribution in [3.63, 3.8) is 0 Å². The minimum Gasteiger partial charge on any atom is -0.392 e. The van der Waals surface area contributed by atoms with Gasteiger partial charge in [0.2, 0.25) is 5.91 Å². The molecular weight excluding hydrogens is 388 g/mol. The van der Waals surface area contributed by atoms with Crippen LogP contribution in [0, 0.1) is 17.8 Å². The van der Waals surface area contributed by atoms with Gasteiger partial charge in [0.05, 0.1) is 12.2 Å². The van der Waals surface area contributed by atoms with E-state index in [0.29, 0.717) is 24.2 Å². The summed E-state index contributed by atoms with van der Waals surface area (Å²) in [6.07, 6.45) is 15.7. The van der Waals surface area contributed by atoms with Crippen molar-refractivity contribution in [3.05, 3.63) is 23.8 Å². The largest absolute Gasteiger partial charge is 0.392 e. The number of aliphatic hydroxyl groups is 2. The van der Waals surface area contributed by atoms with Gasteiger partial charge in [0.1, 0.15) is 0 Å². The molecule has 2 aliphatic carbocycles. The van der Waals surface area contributed by atoms with Crippen molar-refractivity contribution in [2.75, 3.05) is 33.2 Å². The summed E-state index contributed by atoms with van der Waals surface area (Å²) in [5.74, 6) is 1.44. The van der Waals surface area contributed by atoms with E-state index in [4.69, 9.17) is 0 Å². The summed E-state index contributed by atoms with van der Waals surface area (Å²) in [7, 11) is 2.11. The molecule has 0 aromatic rings. The lowest BCUT2D eigenvalue weighted by Gasteiger charge is -2.32. The zero-order valence-corrected chi connectivity index (χ0v) is 19.7. The molecule has 176 valence electrons. The molecular formula is C26H44N2O3. The number of nitrogens with zero attached hydrogens (tertiary/aromatic N) is 2. The quantitative estimate of drug-likeness (QED) is 0.385. The maximum atomic E-state index is 12.4. The van der Waals surface area contributed by atoms with E-state index in [9.17, 15) is 15.0 Å². The van der Waals surface area contributed by atoms with E-state index >= 15 is 0 Å². The number of likely N-dealkylation sites (N-methyl/N-ethyl adjacent to an activating group) is 1. The molecule has 0 aromatic carbocycles. The van der Waals surface area contributed by atoms with Gasteiger partial charge in [-0.05, 0) is 57.4 Å². The van der Waals surface area contributed by atoms with E-state index in [1.807, 2.05) is 11.0 Å². The minimum absolute atomic E-state index is 0.165. The molecule has 2 N–H and O–H groups in total. The van der Waals surface area contributed by atoms with Gasteiger partial charge in [-0.15, -0.1) is 0 Å². The zero-order chi connectivity index (χ0) is 22.2. The molecule has 2 fully saturated rings. The highest BCUT2D eigenvalue weighted by Gasteiger charge is 2.43. The second-order valence-corrected chi connectivity index (χ2v) is 10.1. The Bertz CT molecular complexity index is 624. The lowest BCUT2D eigenvalue weighted by atomic mass is 9.88. The maximum absolute atomic E-state index is 12.4. The molecule has 3 aliphatic rings. The fourth-order valence-electron chi connectivity index (χ4n) is 5.59. The van der Waals surface area contributed by atoms with Gasteiger partial charge in [-0.2, -0.15) is 0 Å². The Kier molecular flexibility index (Phi) is 9.61. The molecule has 0 radical (unpaired) electrons. The average molecular weight is 433 g/mol. The van der Waals surface area contributed by atoms with Crippen LogP contribution in [0.2, 0.25) is 0 Å². The lowest BCUT2D eigenvalue weighted by Crippen LogP contribution is -2.47. The van der Waals surface area contributed by atoms with Gasteiger partial charge in [-0.3, -0.25) is 4.79 Å². The van der Waals surface area contributed by atoms with Gasteiger partial charge in [0, 0.05) is 38.5 Å². The normalized spacial score (nSPS) is 30.1. The third kappa shape index (κ3) is 7.16. The van der Waals surface area contributed by atoms with Crippen molar-refractivity contribution in [1.82, 2.24) is 9.80 Å². The third-order valence-electron chi connectivity index (χ3n) is 7.60. The Morgan fingerprint density at radius 2 is 1.97 bits per heavy atom. The van der Waals surface area contributed by atoms with Gasteiger partial charge in [0.15, 0.2) is 0 Å². The van der Waals surface area contributed by atoms with Crippen LogP contribution in [0.1, 0.15) is 71.1 Å². The van der Waals surface area contributed by atoms with Crippen LogP contribution in [0.3, 0.4) is 0 Å². The Morgan fingerprint density at radius 3 is 2.71 bits per heavy atom. The van der Waals surface area contributed by atoms with Gasteiger partial charge in [-0.25, -0.2) is 0 Å². The third-order valence-corrected chi connectivity index (χ3v) is 7.60. The van der Waals surface area contributed by atoms with Crippen LogP contribution in [0.15, 0.2) is 23.8 Å². The zero-order valence-electron chi connectivity index (χ0n) is 19.7. The minimum atomic E-state index is -0.385. The first-order valence-corrected chi connectivity index (χ1v) is 12.7. The SMILES string of the molecule is CCCCC[C@H](O)C=C[C@@H]1[C@H]2CC(CCCCC(=O)N3CCN(C)CC3)=C[C@H]2C[C@H]1O.